The number of hydrazine groups is 1. The number of anilines is 1. The van der Waals surface area contributed by atoms with Crippen molar-refractivity contribution in [2.45, 2.75) is 32.2 Å². The lowest BCUT2D eigenvalue weighted by Crippen LogP contribution is -2.43. The van der Waals surface area contributed by atoms with Gasteiger partial charge in [-0.3, -0.25) is 10.6 Å². The Balaban J connectivity index is 1.82. The number of carbonyl (C=O) groups excluding carboxylic acids is 1. The summed E-state index contributed by atoms with van der Waals surface area (Å²) in [6, 6.07) is 7.30. The van der Waals surface area contributed by atoms with Crippen LogP contribution >= 0.6 is 0 Å². The summed E-state index contributed by atoms with van der Waals surface area (Å²) in [6.07, 6.45) is 3.88. The molecule has 1 unspecified atom stereocenters. The van der Waals surface area contributed by atoms with Gasteiger partial charge in [0.25, 0.3) is 5.91 Å². The molecule has 1 aliphatic rings. The normalized spacial score (nSPS) is 17.5. The van der Waals surface area contributed by atoms with Gasteiger partial charge in [0.2, 0.25) is 0 Å². The van der Waals surface area contributed by atoms with Gasteiger partial charge >= 0.3 is 0 Å². The first-order chi connectivity index (χ1) is 9.69. The molecule has 5 heteroatoms. The van der Waals surface area contributed by atoms with Crippen molar-refractivity contribution in [3.05, 3.63) is 29.8 Å². The van der Waals surface area contributed by atoms with Gasteiger partial charge in [-0.15, -0.1) is 0 Å². The standard InChI is InChI=1S/C15H24N4O/c1-12(11-19-9-3-2-4-10-19)17-15(20)13-5-7-14(18-16)8-6-13/h5-8,12,18H,2-4,9-11,16H2,1H3,(H,17,20). The van der Waals surface area contributed by atoms with E-state index in [9.17, 15) is 4.79 Å². The Morgan fingerprint density at radius 3 is 2.50 bits per heavy atom. The van der Waals surface area contributed by atoms with Crippen molar-refractivity contribution in [3.8, 4) is 0 Å². The molecule has 1 saturated heterocycles. The molecule has 0 aromatic heterocycles. The van der Waals surface area contributed by atoms with E-state index < -0.39 is 0 Å². The predicted octanol–water partition coefficient (Wildman–Crippen LogP) is 1.58. The molecule has 1 heterocycles. The van der Waals surface area contributed by atoms with Crippen LogP contribution in [0.25, 0.3) is 0 Å². The third-order valence-electron chi connectivity index (χ3n) is 3.67. The van der Waals surface area contributed by atoms with Gasteiger partial charge in [-0.1, -0.05) is 6.42 Å². The van der Waals surface area contributed by atoms with Crippen LogP contribution in [0.1, 0.15) is 36.5 Å². The monoisotopic (exact) mass is 276 g/mol. The molecular formula is C15H24N4O. The Morgan fingerprint density at radius 2 is 1.90 bits per heavy atom. The molecule has 1 fully saturated rings. The molecule has 0 saturated carbocycles. The lowest BCUT2D eigenvalue weighted by Gasteiger charge is -2.29. The maximum atomic E-state index is 12.1. The molecule has 5 nitrogen and oxygen atoms in total. The van der Waals surface area contributed by atoms with Crippen LogP contribution in [0.15, 0.2) is 24.3 Å². The van der Waals surface area contributed by atoms with Crippen molar-refractivity contribution in [2.24, 2.45) is 5.84 Å². The van der Waals surface area contributed by atoms with Crippen LogP contribution in [-0.4, -0.2) is 36.5 Å². The Bertz CT molecular complexity index is 426. The smallest absolute Gasteiger partial charge is 0.251 e. The molecule has 1 atom stereocenters. The van der Waals surface area contributed by atoms with Gasteiger partial charge in [-0.2, -0.15) is 0 Å². The minimum absolute atomic E-state index is 0.0296. The van der Waals surface area contributed by atoms with Crippen LogP contribution in [-0.2, 0) is 0 Å². The second-order valence-electron chi connectivity index (χ2n) is 5.46. The molecule has 1 aromatic rings. The van der Waals surface area contributed by atoms with Crippen molar-refractivity contribution in [1.29, 1.82) is 0 Å². The van der Waals surface area contributed by atoms with Crippen LogP contribution in [0.4, 0.5) is 5.69 Å². The Morgan fingerprint density at radius 1 is 1.25 bits per heavy atom. The number of rotatable bonds is 5. The Labute approximate surface area is 120 Å². The van der Waals surface area contributed by atoms with E-state index in [1.165, 1.54) is 19.3 Å². The number of nitrogens with one attached hydrogen (secondary N) is 2. The Kier molecular flexibility index (Phi) is 5.38. The van der Waals surface area contributed by atoms with Crippen LogP contribution in [0.2, 0.25) is 0 Å². The number of nitrogens with two attached hydrogens (primary N) is 1. The second kappa shape index (κ2) is 7.26. The molecule has 0 radical (unpaired) electrons. The third-order valence-corrected chi connectivity index (χ3v) is 3.67. The first kappa shape index (κ1) is 14.8. The first-order valence-corrected chi connectivity index (χ1v) is 7.29. The van der Waals surface area contributed by atoms with E-state index >= 15 is 0 Å². The molecule has 0 spiro atoms. The summed E-state index contributed by atoms with van der Waals surface area (Å²) in [6.45, 7) is 5.28. The van der Waals surface area contributed by atoms with E-state index in [1.807, 2.05) is 0 Å². The molecule has 2 rings (SSSR count). The summed E-state index contributed by atoms with van der Waals surface area (Å²) in [5, 5.41) is 3.05. The molecular weight excluding hydrogens is 252 g/mol. The largest absolute Gasteiger partial charge is 0.348 e. The molecule has 1 aliphatic heterocycles. The molecule has 20 heavy (non-hydrogen) atoms. The van der Waals surface area contributed by atoms with E-state index in [2.05, 4.69) is 22.6 Å². The zero-order valence-electron chi connectivity index (χ0n) is 12.1. The predicted molar refractivity (Wildman–Crippen MR) is 81.5 cm³/mol. The molecule has 4 N–H and O–H groups in total. The number of hydrogen-bond acceptors (Lipinski definition) is 4. The number of hydrogen-bond donors (Lipinski definition) is 3. The van der Waals surface area contributed by atoms with Crippen molar-refractivity contribution < 1.29 is 4.79 Å². The quantitative estimate of drug-likeness (QED) is 0.564. The van der Waals surface area contributed by atoms with Gasteiger partial charge in [0.15, 0.2) is 0 Å². The molecule has 1 amide bonds. The van der Waals surface area contributed by atoms with E-state index in [0.29, 0.717) is 5.56 Å². The molecule has 110 valence electrons. The number of nitrogen functional groups attached to an aromatic ring is 1. The van der Waals surface area contributed by atoms with Crippen molar-refractivity contribution >= 4 is 11.6 Å². The summed E-state index contributed by atoms with van der Waals surface area (Å²) in [4.78, 5) is 14.5. The van der Waals surface area contributed by atoms with Crippen LogP contribution in [0, 0.1) is 0 Å². The van der Waals surface area contributed by atoms with E-state index in [4.69, 9.17) is 5.84 Å². The van der Waals surface area contributed by atoms with Crippen LogP contribution < -0.4 is 16.6 Å². The number of piperidine rings is 1. The average molecular weight is 276 g/mol. The lowest BCUT2D eigenvalue weighted by atomic mass is 10.1. The highest BCUT2D eigenvalue weighted by molar-refractivity contribution is 5.94. The average Bonchev–Trinajstić information content (AvgIpc) is 2.48. The number of amides is 1. The number of benzene rings is 1. The minimum Gasteiger partial charge on any atom is -0.348 e. The van der Waals surface area contributed by atoms with Crippen LogP contribution in [0.3, 0.4) is 0 Å². The third kappa shape index (κ3) is 4.21. The highest BCUT2D eigenvalue weighted by atomic mass is 16.1. The highest BCUT2D eigenvalue weighted by Gasteiger charge is 2.15. The summed E-state index contributed by atoms with van der Waals surface area (Å²) < 4.78 is 0. The maximum absolute atomic E-state index is 12.1. The fourth-order valence-corrected chi connectivity index (χ4v) is 2.60. The highest BCUT2D eigenvalue weighted by Crippen LogP contribution is 2.10. The Hall–Kier alpha value is -1.59. The molecule has 1 aromatic carbocycles. The zero-order valence-corrected chi connectivity index (χ0v) is 12.1. The van der Waals surface area contributed by atoms with E-state index in [1.54, 1.807) is 24.3 Å². The van der Waals surface area contributed by atoms with Gasteiger partial charge < -0.3 is 15.6 Å². The molecule has 0 bridgehead atoms. The van der Waals surface area contributed by atoms with Crippen molar-refractivity contribution in [1.82, 2.24) is 10.2 Å². The number of carbonyl (C=O) groups is 1. The summed E-state index contributed by atoms with van der Waals surface area (Å²) in [5.41, 5.74) is 4.01. The van der Waals surface area contributed by atoms with Crippen molar-refractivity contribution in [2.75, 3.05) is 25.1 Å². The number of nitrogens with zero attached hydrogens (tertiary/aromatic N) is 1. The fourth-order valence-electron chi connectivity index (χ4n) is 2.60. The van der Waals surface area contributed by atoms with E-state index in [-0.39, 0.29) is 11.9 Å². The summed E-state index contributed by atoms with van der Waals surface area (Å²) >= 11 is 0. The SMILES string of the molecule is CC(CN1CCCCC1)NC(=O)c1ccc(NN)cc1. The molecule has 0 aliphatic carbocycles. The van der Waals surface area contributed by atoms with Gasteiger partial charge in [0, 0.05) is 23.8 Å². The van der Waals surface area contributed by atoms with Gasteiger partial charge in [-0.25, -0.2) is 0 Å². The van der Waals surface area contributed by atoms with Gasteiger partial charge in [-0.05, 0) is 57.1 Å². The summed E-state index contributed by atoms with van der Waals surface area (Å²) in [5.74, 6) is 5.28. The minimum atomic E-state index is -0.0296. The summed E-state index contributed by atoms with van der Waals surface area (Å²) in [7, 11) is 0. The van der Waals surface area contributed by atoms with Crippen molar-refractivity contribution in [3.63, 3.8) is 0 Å². The van der Waals surface area contributed by atoms with E-state index in [0.717, 1.165) is 25.3 Å². The first-order valence-electron chi connectivity index (χ1n) is 7.29. The maximum Gasteiger partial charge on any atom is 0.251 e. The van der Waals surface area contributed by atoms with Gasteiger partial charge in [0.1, 0.15) is 0 Å². The lowest BCUT2D eigenvalue weighted by molar-refractivity contribution is 0.0925. The fraction of sp³-hybridized carbons (Fsp3) is 0.533. The second-order valence-corrected chi connectivity index (χ2v) is 5.46. The topological polar surface area (TPSA) is 70.4 Å². The van der Waals surface area contributed by atoms with Crippen LogP contribution in [0.5, 0.6) is 0 Å². The van der Waals surface area contributed by atoms with Gasteiger partial charge in [0.05, 0.1) is 0 Å². The number of likely N-dealkylation sites (tertiary alicyclic amines) is 1. The zero-order chi connectivity index (χ0) is 14.4.